The lowest BCUT2D eigenvalue weighted by Crippen LogP contribution is -2.29. The van der Waals surface area contributed by atoms with E-state index in [-0.39, 0.29) is 11.9 Å². The van der Waals surface area contributed by atoms with Gasteiger partial charge < -0.3 is 10.1 Å². The minimum Gasteiger partial charge on any atom is -0.383 e. The molecule has 0 amide bonds. The van der Waals surface area contributed by atoms with Gasteiger partial charge in [0.25, 0.3) is 0 Å². The molecule has 0 aliphatic heterocycles. The first-order valence-electron chi connectivity index (χ1n) is 7.06. The Balaban J connectivity index is 2.19. The highest BCUT2D eigenvalue weighted by Crippen LogP contribution is 2.18. The molecule has 0 saturated carbocycles. The molecular formula is C16H22FN3O. The number of rotatable bonds is 6. The summed E-state index contributed by atoms with van der Waals surface area (Å²) in [6, 6.07) is 6.65. The van der Waals surface area contributed by atoms with E-state index in [1.54, 1.807) is 19.2 Å². The van der Waals surface area contributed by atoms with Gasteiger partial charge in [0.05, 0.1) is 18.0 Å². The lowest BCUT2D eigenvalue weighted by Gasteiger charge is -2.13. The van der Waals surface area contributed by atoms with Crippen LogP contribution in [0, 0.1) is 19.7 Å². The number of hydrogen-bond donors (Lipinski definition) is 1. The number of hydrogen-bond acceptors (Lipinski definition) is 3. The average Bonchev–Trinajstić information content (AvgIpc) is 2.73. The molecule has 0 bridgehead atoms. The highest BCUT2D eigenvalue weighted by Gasteiger charge is 2.13. The van der Waals surface area contributed by atoms with Crippen molar-refractivity contribution in [1.82, 2.24) is 15.1 Å². The second-order valence-corrected chi connectivity index (χ2v) is 5.27. The van der Waals surface area contributed by atoms with Crippen LogP contribution in [0.15, 0.2) is 24.3 Å². The van der Waals surface area contributed by atoms with Crippen molar-refractivity contribution in [2.24, 2.45) is 0 Å². The Bertz CT molecular complexity index is 592. The molecule has 0 saturated heterocycles. The zero-order valence-electron chi connectivity index (χ0n) is 13.0. The third kappa shape index (κ3) is 3.68. The first kappa shape index (κ1) is 15.7. The molecule has 1 aromatic carbocycles. The fourth-order valence-electron chi connectivity index (χ4n) is 2.35. The Hall–Kier alpha value is -1.72. The van der Waals surface area contributed by atoms with Crippen molar-refractivity contribution in [2.45, 2.75) is 33.4 Å². The molecule has 4 nitrogen and oxygen atoms in total. The Kier molecular flexibility index (Phi) is 5.09. The van der Waals surface area contributed by atoms with Crippen molar-refractivity contribution in [1.29, 1.82) is 0 Å². The summed E-state index contributed by atoms with van der Waals surface area (Å²) in [5.74, 6) is -0.240. The molecule has 2 rings (SSSR count). The van der Waals surface area contributed by atoms with Crippen molar-refractivity contribution in [3.05, 3.63) is 47.0 Å². The average molecular weight is 291 g/mol. The van der Waals surface area contributed by atoms with Gasteiger partial charge in [-0.25, -0.2) is 9.07 Å². The number of methoxy groups -OCH3 is 1. The van der Waals surface area contributed by atoms with Crippen LogP contribution in [0.3, 0.4) is 0 Å². The summed E-state index contributed by atoms with van der Waals surface area (Å²) in [5.41, 5.74) is 4.08. The van der Waals surface area contributed by atoms with E-state index in [2.05, 4.69) is 17.3 Å². The number of nitrogens with one attached hydrogen (secondary N) is 1. The van der Waals surface area contributed by atoms with Crippen LogP contribution in [0.2, 0.25) is 0 Å². The standard InChI is InChI=1S/C16H22FN3O/c1-11(10-21-4)18-9-16-12(2)19-20(13(16)3)15-7-5-14(17)6-8-15/h5-8,11,18H,9-10H2,1-4H3/t11-/m0/s1. The highest BCUT2D eigenvalue weighted by molar-refractivity contribution is 5.37. The summed E-state index contributed by atoms with van der Waals surface area (Å²) in [7, 11) is 1.70. The molecule has 0 aliphatic carbocycles. The summed E-state index contributed by atoms with van der Waals surface area (Å²) in [5, 5.41) is 7.97. The van der Waals surface area contributed by atoms with E-state index in [1.807, 2.05) is 18.5 Å². The molecule has 1 aromatic heterocycles. The van der Waals surface area contributed by atoms with Gasteiger partial charge in [0.1, 0.15) is 5.82 Å². The Morgan fingerprint density at radius 3 is 2.57 bits per heavy atom. The fourth-order valence-corrected chi connectivity index (χ4v) is 2.35. The third-order valence-corrected chi connectivity index (χ3v) is 3.56. The van der Waals surface area contributed by atoms with E-state index in [9.17, 15) is 4.39 Å². The minimum atomic E-state index is -0.240. The zero-order valence-corrected chi connectivity index (χ0v) is 13.0. The first-order valence-corrected chi connectivity index (χ1v) is 7.06. The molecule has 0 spiro atoms. The third-order valence-electron chi connectivity index (χ3n) is 3.56. The number of aromatic nitrogens is 2. The number of aryl methyl sites for hydroxylation is 1. The molecule has 114 valence electrons. The van der Waals surface area contributed by atoms with Crippen LogP contribution >= 0.6 is 0 Å². The zero-order chi connectivity index (χ0) is 15.4. The quantitative estimate of drug-likeness (QED) is 0.889. The maximum Gasteiger partial charge on any atom is 0.123 e. The summed E-state index contributed by atoms with van der Waals surface area (Å²) in [6.45, 7) is 7.51. The van der Waals surface area contributed by atoms with Gasteiger partial charge in [0.2, 0.25) is 0 Å². The topological polar surface area (TPSA) is 39.1 Å². The lowest BCUT2D eigenvalue weighted by molar-refractivity contribution is 0.171. The maximum absolute atomic E-state index is 13.0. The van der Waals surface area contributed by atoms with E-state index in [0.717, 1.165) is 23.6 Å². The Labute approximate surface area is 124 Å². The van der Waals surface area contributed by atoms with Crippen LogP contribution in [0.25, 0.3) is 5.69 Å². The van der Waals surface area contributed by atoms with Gasteiger partial charge in [0, 0.05) is 31.0 Å². The van der Waals surface area contributed by atoms with Crippen molar-refractivity contribution in [2.75, 3.05) is 13.7 Å². The predicted molar refractivity (Wildman–Crippen MR) is 81.2 cm³/mol. The lowest BCUT2D eigenvalue weighted by atomic mass is 10.2. The summed E-state index contributed by atoms with van der Waals surface area (Å²) >= 11 is 0. The van der Waals surface area contributed by atoms with E-state index < -0.39 is 0 Å². The SMILES string of the molecule is COC[C@H](C)NCc1c(C)nn(-c2ccc(F)cc2)c1C. The van der Waals surface area contributed by atoms with E-state index >= 15 is 0 Å². The summed E-state index contributed by atoms with van der Waals surface area (Å²) < 4.78 is 20.0. The monoisotopic (exact) mass is 291 g/mol. The number of ether oxygens (including phenoxy) is 1. The van der Waals surface area contributed by atoms with Crippen molar-refractivity contribution in [3.63, 3.8) is 0 Å². The maximum atomic E-state index is 13.0. The van der Waals surface area contributed by atoms with Gasteiger partial charge in [-0.05, 0) is 45.0 Å². The van der Waals surface area contributed by atoms with Crippen molar-refractivity contribution in [3.8, 4) is 5.69 Å². The Morgan fingerprint density at radius 1 is 1.29 bits per heavy atom. The molecule has 2 aromatic rings. The largest absolute Gasteiger partial charge is 0.383 e. The van der Waals surface area contributed by atoms with Crippen molar-refractivity contribution < 1.29 is 9.13 Å². The Morgan fingerprint density at radius 2 is 1.95 bits per heavy atom. The minimum absolute atomic E-state index is 0.240. The number of benzene rings is 1. The fraction of sp³-hybridized carbons (Fsp3) is 0.438. The smallest absolute Gasteiger partial charge is 0.123 e. The number of halogens is 1. The number of nitrogens with zero attached hydrogens (tertiary/aromatic N) is 2. The first-order chi connectivity index (χ1) is 10.0. The summed E-state index contributed by atoms with van der Waals surface area (Å²) in [6.07, 6.45) is 0. The van der Waals surface area contributed by atoms with Gasteiger partial charge in [-0.2, -0.15) is 5.10 Å². The van der Waals surface area contributed by atoms with Crippen LogP contribution in [0.1, 0.15) is 23.9 Å². The molecule has 0 aliphatic rings. The molecular weight excluding hydrogens is 269 g/mol. The van der Waals surface area contributed by atoms with Gasteiger partial charge in [-0.3, -0.25) is 0 Å². The van der Waals surface area contributed by atoms with Gasteiger partial charge >= 0.3 is 0 Å². The van der Waals surface area contributed by atoms with Crippen LogP contribution < -0.4 is 5.32 Å². The summed E-state index contributed by atoms with van der Waals surface area (Å²) in [4.78, 5) is 0. The van der Waals surface area contributed by atoms with Crippen molar-refractivity contribution >= 4 is 0 Å². The molecule has 0 unspecified atom stereocenters. The van der Waals surface area contributed by atoms with E-state index in [0.29, 0.717) is 6.61 Å². The molecule has 0 fully saturated rings. The van der Waals surface area contributed by atoms with Crippen LogP contribution in [0.5, 0.6) is 0 Å². The second-order valence-electron chi connectivity index (χ2n) is 5.27. The second kappa shape index (κ2) is 6.83. The normalized spacial score (nSPS) is 12.6. The van der Waals surface area contributed by atoms with Crippen LogP contribution in [0.4, 0.5) is 4.39 Å². The van der Waals surface area contributed by atoms with E-state index in [1.165, 1.54) is 17.7 Å². The van der Waals surface area contributed by atoms with Gasteiger partial charge in [0.15, 0.2) is 0 Å². The molecule has 1 N–H and O–H groups in total. The van der Waals surface area contributed by atoms with E-state index in [4.69, 9.17) is 4.74 Å². The molecule has 1 atom stereocenters. The predicted octanol–water partition coefficient (Wildman–Crippen LogP) is 2.75. The highest BCUT2D eigenvalue weighted by atomic mass is 19.1. The molecule has 5 heteroatoms. The van der Waals surface area contributed by atoms with Crippen LogP contribution in [-0.2, 0) is 11.3 Å². The van der Waals surface area contributed by atoms with Gasteiger partial charge in [-0.1, -0.05) is 0 Å². The molecule has 21 heavy (non-hydrogen) atoms. The molecule has 1 heterocycles. The van der Waals surface area contributed by atoms with Gasteiger partial charge in [-0.15, -0.1) is 0 Å². The molecule has 0 radical (unpaired) electrons. The van der Waals surface area contributed by atoms with Crippen LogP contribution in [-0.4, -0.2) is 29.5 Å².